The molecule has 0 spiro atoms. The van der Waals surface area contributed by atoms with Crippen molar-refractivity contribution < 1.29 is 9.59 Å². The molecular formula is C25H26N6O2S2. The molecule has 0 bridgehead atoms. The van der Waals surface area contributed by atoms with Crippen molar-refractivity contribution in [1.82, 2.24) is 25.5 Å². The molecule has 2 amide bonds. The molecule has 3 aromatic rings. The Morgan fingerprint density at radius 3 is 2.83 bits per heavy atom. The van der Waals surface area contributed by atoms with E-state index in [1.54, 1.807) is 36.3 Å². The molecule has 35 heavy (non-hydrogen) atoms. The number of benzene rings is 1. The van der Waals surface area contributed by atoms with Gasteiger partial charge in [-0.15, -0.1) is 11.3 Å². The number of fused-ring (bicyclic) bond motifs is 1. The Bertz CT molecular complexity index is 1280. The first-order valence-electron chi connectivity index (χ1n) is 11.5. The highest BCUT2D eigenvalue weighted by Gasteiger charge is 2.34. The molecule has 2 aromatic heterocycles. The summed E-state index contributed by atoms with van der Waals surface area (Å²) >= 11 is 3.01. The molecule has 0 radical (unpaired) electrons. The Balaban J connectivity index is 1.20. The van der Waals surface area contributed by atoms with Crippen LogP contribution in [0.15, 0.2) is 53.8 Å². The van der Waals surface area contributed by atoms with Crippen molar-refractivity contribution >= 4 is 40.1 Å². The third-order valence-electron chi connectivity index (χ3n) is 6.07. The number of likely N-dealkylation sites (tertiary alicyclic amines) is 1. The summed E-state index contributed by atoms with van der Waals surface area (Å²) in [5.41, 5.74) is 3.01. The molecule has 2 atom stereocenters. The predicted molar refractivity (Wildman–Crippen MR) is 140 cm³/mol. The van der Waals surface area contributed by atoms with Gasteiger partial charge in [-0.2, -0.15) is 0 Å². The van der Waals surface area contributed by atoms with Gasteiger partial charge >= 0.3 is 0 Å². The number of nitrogens with zero attached hydrogens (tertiary/aromatic N) is 4. The Kier molecular flexibility index (Phi) is 6.94. The molecule has 2 aliphatic heterocycles. The molecule has 1 saturated heterocycles. The van der Waals surface area contributed by atoms with Crippen LogP contribution in [-0.2, 0) is 6.54 Å². The minimum Gasteiger partial charge on any atom is -0.347 e. The maximum absolute atomic E-state index is 12.9. The first-order chi connectivity index (χ1) is 17.0. The molecule has 0 aliphatic carbocycles. The van der Waals surface area contributed by atoms with Crippen LogP contribution in [0.3, 0.4) is 0 Å². The van der Waals surface area contributed by atoms with E-state index >= 15 is 0 Å². The summed E-state index contributed by atoms with van der Waals surface area (Å²) in [6.45, 7) is 4.16. The van der Waals surface area contributed by atoms with Gasteiger partial charge in [-0.25, -0.2) is 4.98 Å². The van der Waals surface area contributed by atoms with Crippen LogP contribution in [0.1, 0.15) is 37.7 Å². The summed E-state index contributed by atoms with van der Waals surface area (Å²) in [5, 5.41) is 7.81. The van der Waals surface area contributed by atoms with E-state index in [0.29, 0.717) is 33.1 Å². The SMILES string of the molecule is Cc1nc(-c2ccncc2)sc1C(=O)NCc1cccc(C(=O)NC2=NC3CCN(C)CC3S2)c1. The minimum absolute atomic E-state index is 0.181. The van der Waals surface area contributed by atoms with E-state index in [9.17, 15) is 9.59 Å². The van der Waals surface area contributed by atoms with Gasteiger partial charge in [0.2, 0.25) is 0 Å². The molecule has 1 fully saturated rings. The fraction of sp³-hybridized carbons (Fsp3) is 0.320. The molecule has 5 rings (SSSR count). The van der Waals surface area contributed by atoms with Gasteiger partial charge in [-0.05, 0) is 56.8 Å². The highest BCUT2D eigenvalue weighted by Crippen LogP contribution is 2.31. The second kappa shape index (κ2) is 10.3. The highest BCUT2D eigenvalue weighted by molar-refractivity contribution is 8.14. The summed E-state index contributed by atoms with van der Waals surface area (Å²) in [5.74, 6) is -0.365. The predicted octanol–water partition coefficient (Wildman–Crippen LogP) is 3.35. The van der Waals surface area contributed by atoms with Crippen LogP contribution in [-0.4, -0.2) is 63.3 Å². The average Bonchev–Trinajstić information content (AvgIpc) is 3.45. The lowest BCUT2D eigenvalue weighted by Crippen LogP contribution is -2.40. The number of amidine groups is 1. The zero-order chi connectivity index (χ0) is 24.4. The lowest BCUT2D eigenvalue weighted by Gasteiger charge is -2.29. The Morgan fingerprint density at radius 2 is 2.00 bits per heavy atom. The number of hydrogen-bond donors (Lipinski definition) is 2. The van der Waals surface area contributed by atoms with E-state index in [1.165, 1.54) is 11.3 Å². The number of aryl methyl sites for hydroxylation is 1. The fourth-order valence-corrected chi connectivity index (χ4v) is 6.49. The van der Waals surface area contributed by atoms with E-state index < -0.39 is 0 Å². The van der Waals surface area contributed by atoms with Crippen LogP contribution in [0.25, 0.3) is 10.6 Å². The normalized spacial score (nSPS) is 19.7. The van der Waals surface area contributed by atoms with Crippen molar-refractivity contribution in [1.29, 1.82) is 0 Å². The molecule has 8 nitrogen and oxygen atoms in total. The number of carbonyl (C=O) groups excluding carboxylic acids is 2. The third kappa shape index (κ3) is 5.44. The smallest absolute Gasteiger partial charge is 0.263 e. The second-order valence-corrected chi connectivity index (χ2v) is 10.9. The molecule has 0 saturated carbocycles. The monoisotopic (exact) mass is 506 g/mol. The number of hydrogen-bond acceptors (Lipinski definition) is 8. The van der Waals surface area contributed by atoms with Crippen LogP contribution in [0.4, 0.5) is 0 Å². The number of nitrogens with one attached hydrogen (secondary N) is 2. The first-order valence-corrected chi connectivity index (χ1v) is 13.1. The number of rotatable bonds is 5. The molecule has 2 N–H and O–H groups in total. The van der Waals surface area contributed by atoms with Crippen LogP contribution >= 0.6 is 23.1 Å². The van der Waals surface area contributed by atoms with Gasteiger partial charge in [0.25, 0.3) is 11.8 Å². The van der Waals surface area contributed by atoms with E-state index in [1.807, 2.05) is 31.2 Å². The summed E-state index contributed by atoms with van der Waals surface area (Å²) in [6.07, 6.45) is 4.43. The molecule has 4 heterocycles. The van der Waals surface area contributed by atoms with Crippen molar-refractivity contribution in [2.24, 2.45) is 4.99 Å². The number of thiazole rings is 1. The van der Waals surface area contributed by atoms with Gasteiger partial charge in [0.05, 0.1) is 11.7 Å². The molecule has 2 unspecified atom stereocenters. The van der Waals surface area contributed by atoms with Gasteiger partial charge in [0, 0.05) is 41.9 Å². The van der Waals surface area contributed by atoms with Crippen molar-refractivity contribution in [3.05, 3.63) is 70.5 Å². The summed E-state index contributed by atoms with van der Waals surface area (Å²) in [4.78, 5) is 41.8. The van der Waals surface area contributed by atoms with Gasteiger partial charge in [-0.1, -0.05) is 23.9 Å². The third-order valence-corrected chi connectivity index (χ3v) is 8.47. The number of pyridine rings is 1. The molecular weight excluding hydrogens is 480 g/mol. The van der Waals surface area contributed by atoms with Gasteiger partial charge in [-0.3, -0.25) is 19.6 Å². The number of aromatic nitrogens is 2. The standard InChI is InChI=1S/C25H26N6O2S2/c1-15-21(35-24(28-15)17-6-9-26-10-7-17)23(33)27-13-16-4-3-5-18(12-16)22(32)30-25-29-19-8-11-31(2)14-20(19)34-25/h3-7,9-10,12,19-20H,8,11,13-14H2,1-2H3,(H,27,33)(H,29,30,32). The Morgan fingerprint density at radius 1 is 1.17 bits per heavy atom. The average molecular weight is 507 g/mol. The van der Waals surface area contributed by atoms with Crippen LogP contribution in [0.5, 0.6) is 0 Å². The second-order valence-electron chi connectivity index (χ2n) is 8.72. The van der Waals surface area contributed by atoms with Crippen molar-refractivity contribution in [2.45, 2.75) is 31.2 Å². The maximum Gasteiger partial charge on any atom is 0.263 e. The number of amides is 2. The van der Waals surface area contributed by atoms with Crippen LogP contribution in [0, 0.1) is 6.92 Å². The van der Waals surface area contributed by atoms with E-state index in [2.05, 4.69) is 32.5 Å². The Labute approximate surface area is 212 Å². The summed E-state index contributed by atoms with van der Waals surface area (Å²) in [6, 6.07) is 11.3. The lowest BCUT2D eigenvalue weighted by molar-refractivity contribution is 0.0952. The maximum atomic E-state index is 12.9. The molecule has 10 heteroatoms. The van der Waals surface area contributed by atoms with Gasteiger partial charge < -0.3 is 15.5 Å². The molecule has 1 aromatic carbocycles. The van der Waals surface area contributed by atoms with Gasteiger partial charge in [0.15, 0.2) is 5.17 Å². The van der Waals surface area contributed by atoms with E-state index in [-0.39, 0.29) is 17.9 Å². The fourth-order valence-electron chi connectivity index (χ4n) is 4.19. The quantitative estimate of drug-likeness (QED) is 0.551. The summed E-state index contributed by atoms with van der Waals surface area (Å²) < 4.78 is 0. The largest absolute Gasteiger partial charge is 0.347 e. The number of aliphatic imine (C=N–C) groups is 1. The van der Waals surface area contributed by atoms with Crippen LogP contribution in [0.2, 0.25) is 0 Å². The topological polar surface area (TPSA) is 99.6 Å². The van der Waals surface area contributed by atoms with Crippen LogP contribution < -0.4 is 10.6 Å². The number of thioether (sulfide) groups is 1. The lowest BCUT2D eigenvalue weighted by atomic mass is 10.1. The Hall–Kier alpha value is -3.08. The van der Waals surface area contributed by atoms with E-state index in [0.717, 1.165) is 35.6 Å². The minimum atomic E-state index is -0.184. The zero-order valence-corrected chi connectivity index (χ0v) is 21.2. The number of piperidine rings is 1. The van der Waals surface area contributed by atoms with E-state index in [4.69, 9.17) is 4.99 Å². The van der Waals surface area contributed by atoms with Crippen molar-refractivity contribution in [3.8, 4) is 10.6 Å². The summed E-state index contributed by atoms with van der Waals surface area (Å²) in [7, 11) is 2.12. The number of carbonyl (C=O) groups is 2. The zero-order valence-electron chi connectivity index (χ0n) is 19.5. The first kappa shape index (κ1) is 23.7. The highest BCUT2D eigenvalue weighted by atomic mass is 32.2. The molecule has 180 valence electrons. The molecule has 2 aliphatic rings. The van der Waals surface area contributed by atoms with Crippen molar-refractivity contribution in [3.63, 3.8) is 0 Å². The van der Waals surface area contributed by atoms with Crippen molar-refractivity contribution in [2.75, 3.05) is 20.1 Å². The van der Waals surface area contributed by atoms with Gasteiger partial charge in [0.1, 0.15) is 9.88 Å².